The molecule has 0 atom stereocenters. The molecule has 74 valence electrons. The fraction of sp³-hybridized carbons (Fsp3) is 0.889. The van der Waals surface area contributed by atoms with E-state index in [-0.39, 0.29) is 12.6 Å². The summed E-state index contributed by atoms with van der Waals surface area (Å²) in [4.78, 5) is 11.3. The lowest BCUT2D eigenvalue weighted by atomic mass is 9.89. The minimum absolute atomic E-state index is 0. The zero-order valence-corrected chi connectivity index (χ0v) is 8.22. The monoisotopic (exact) mass is 175 g/mol. The van der Waals surface area contributed by atoms with E-state index < -0.39 is 0 Å². The molecule has 0 fully saturated rings. The fourth-order valence-corrected chi connectivity index (χ4v) is 0.725. The molecule has 3 nitrogen and oxygen atoms in total. The summed E-state index contributed by atoms with van der Waals surface area (Å²) >= 11 is 0. The van der Waals surface area contributed by atoms with Crippen LogP contribution in [0.25, 0.3) is 0 Å². The lowest BCUT2D eigenvalue weighted by Gasteiger charge is -2.15. The molecule has 0 aliphatic heterocycles. The quantitative estimate of drug-likeness (QED) is 0.639. The topological polar surface area (TPSA) is 52.3 Å². The Hall–Kier alpha value is -0.410. The van der Waals surface area contributed by atoms with Gasteiger partial charge in [0.15, 0.2) is 0 Å². The Morgan fingerprint density at radius 2 is 2.00 bits per heavy atom. The maximum absolute atomic E-state index is 11.3. The van der Waals surface area contributed by atoms with Crippen LogP contribution in [0, 0.1) is 5.41 Å². The van der Waals surface area contributed by atoms with Crippen LogP contribution in [-0.4, -0.2) is 25.5 Å². The minimum Gasteiger partial charge on any atom is -0.380 e. The van der Waals surface area contributed by atoms with Crippen molar-refractivity contribution in [3.05, 3.63) is 0 Å². The number of carbonyl (C=O) groups excluding carboxylic acids is 1. The van der Waals surface area contributed by atoms with Crippen molar-refractivity contribution in [3.63, 3.8) is 0 Å². The van der Waals surface area contributed by atoms with Crippen molar-refractivity contribution < 1.29 is 11.0 Å². The Balaban J connectivity index is 0. The number of ketones is 1. The van der Waals surface area contributed by atoms with Gasteiger partial charge in [0.1, 0.15) is 5.78 Å². The smallest absolute Gasteiger partial charge is 0.140 e. The highest BCUT2D eigenvalue weighted by atomic mass is 16.5. The van der Waals surface area contributed by atoms with Gasteiger partial charge >= 0.3 is 0 Å². The first-order valence-electron chi connectivity index (χ1n) is 4.29. The molecule has 0 heterocycles. The maximum Gasteiger partial charge on any atom is 0.140 e. The van der Waals surface area contributed by atoms with Gasteiger partial charge in [-0.3, -0.25) is 4.79 Å². The van der Waals surface area contributed by atoms with Gasteiger partial charge in [-0.05, 0) is 0 Å². The third-order valence-corrected chi connectivity index (χ3v) is 1.57. The maximum atomic E-state index is 11.3. The number of carbonyl (C=O) groups is 1. The highest BCUT2D eigenvalue weighted by molar-refractivity contribution is 5.83. The van der Waals surface area contributed by atoms with E-state index in [1.165, 1.54) is 0 Å². The highest BCUT2D eigenvalue weighted by Crippen LogP contribution is 2.16. The van der Waals surface area contributed by atoms with Gasteiger partial charge in [0, 0.05) is 19.8 Å². The molecule has 0 aromatic carbocycles. The second-order valence-electron chi connectivity index (χ2n) is 3.82. The van der Waals surface area contributed by atoms with Gasteiger partial charge in [0.2, 0.25) is 0 Å². The molecule has 0 rings (SSSR count). The van der Waals surface area contributed by atoms with Crippen LogP contribution in [0.15, 0.2) is 0 Å². The van der Waals surface area contributed by atoms with E-state index in [0.717, 1.165) is 0 Å². The van der Waals surface area contributed by atoms with Gasteiger partial charge in [0.25, 0.3) is 0 Å². The Morgan fingerprint density at radius 3 is 2.42 bits per heavy atom. The van der Waals surface area contributed by atoms with E-state index in [4.69, 9.17) is 10.5 Å². The third kappa shape index (κ3) is 5.27. The van der Waals surface area contributed by atoms with Crippen LogP contribution in [0.4, 0.5) is 0 Å². The van der Waals surface area contributed by atoms with Gasteiger partial charge in [-0.1, -0.05) is 20.8 Å². The second-order valence-corrected chi connectivity index (χ2v) is 3.82. The Labute approximate surface area is 75.8 Å². The summed E-state index contributed by atoms with van der Waals surface area (Å²) < 4.78 is 5.10. The summed E-state index contributed by atoms with van der Waals surface area (Å²) in [5.74, 6) is 0.236. The van der Waals surface area contributed by atoms with Gasteiger partial charge in [-0.15, -0.1) is 0 Å². The normalized spacial score (nSPS) is 11.7. The van der Waals surface area contributed by atoms with Gasteiger partial charge in [0.05, 0.1) is 13.2 Å². The summed E-state index contributed by atoms with van der Waals surface area (Å²) in [6.45, 7) is 7.29. The Morgan fingerprint density at radius 1 is 1.42 bits per heavy atom. The summed E-state index contributed by atoms with van der Waals surface area (Å²) in [7, 11) is 0. The van der Waals surface area contributed by atoms with Gasteiger partial charge in [-0.2, -0.15) is 0 Å². The van der Waals surface area contributed by atoms with Crippen LogP contribution in [0.2, 0.25) is 0 Å². The molecule has 0 saturated heterocycles. The summed E-state index contributed by atoms with van der Waals surface area (Å²) in [5.41, 5.74) is 4.98. The fourth-order valence-electron chi connectivity index (χ4n) is 0.725. The average Bonchev–Trinajstić information content (AvgIpc) is 1.96. The van der Waals surface area contributed by atoms with Crippen molar-refractivity contribution in [1.29, 1.82) is 0 Å². The van der Waals surface area contributed by atoms with E-state index >= 15 is 0 Å². The molecule has 0 bridgehead atoms. The minimum atomic E-state index is -0.244. The summed E-state index contributed by atoms with van der Waals surface area (Å²) in [5, 5.41) is 0. The number of rotatable bonds is 5. The summed E-state index contributed by atoms with van der Waals surface area (Å²) in [6, 6.07) is 0. The van der Waals surface area contributed by atoms with E-state index in [1.807, 2.05) is 20.8 Å². The molecular formula is C9H21NO2. The third-order valence-electron chi connectivity index (χ3n) is 1.57. The highest BCUT2D eigenvalue weighted by Gasteiger charge is 2.19. The van der Waals surface area contributed by atoms with Crippen LogP contribution in [0.5, 0.6) is 0 Å². The number of ether oxygens (including phenoxy) is 1. The van der Waals surface area contributed by atoms with Crippen molar-refractivity contribution in [2.75, 3.05) is 19.8 Å². The number of nitrogens with two attached hydrogens (primary N) is 1. The van der Waals surface area contributed by atoms with Crippen LogP contribution >= 0.6 is 0 Å². The van der Waals surface area contributed by atoms with E-state index in [2.05, 4.69) is 0 Å². The molecular weight excluding hydrogens is 154 g/mol. The molecule has 0 radical (unpaired) electrons. The van der Waals surface area contributed by atoms with E-state index in [9.17, 15) is 4.79 Å². The Kier molecular flexibility index (Phi) is 5.09. The molecule has 3 heteroatoms. The van der Waals surface area contributed by atoms with E-state index in [0.29, 0.717) is 26.2 Å². The lowest BCUT2D eigenvalue weighted by molar-refractivity contribution is -0.127. The molecule has 0 aliphatic carbocycles. The van der Waals surface area contributed by atoms with Crippen molar-refractivity contribution in [3.8, 4) is 0 Å². The standard InChI is InChI=1S/C9H19NO2.H2/c1-9(2,3)8(11)4-6-12-7-5-10;/h4-7,10H2,1-3H3;1H. The average molecular weight is 175 g/mol. The van der Waals surface area contributed by atoms with E-state index in [1.54, 1.807) is 0 Å². The number of hydrogen-bond donors (Lipinski definition) is 1. The first-order chi connectivity index (χ1) is 5.48. The zero-order valence-electron chi connectivity index (χ0n) is 8.22. The zero-order chi connectivity index (χ0) is 9.61. The molecule has 0 spiro atoms. The molecule has 0 aromatic rings. The largest absolute Gasteiger partial charge is 0.380 e. The van der Waals surface area contributed by atoms with Gasteiger partial charge in [-0.25, -0.2) is 0 Å². The summed E-state index contributed by atoms with van der Waals surface area (Å²) in [6.07, 6.45) is 0.490. The Bertz CT molecular complexity index is 143. The second kappa shape index (κ2) is 5.27. The number of Topliss-reactive ketones (excluding diaryl/α,β-unsaturated/α-hetero) is 1. The molecule has 12 heavy (non-hydrogen) atoms. The molecule has 0 amide bonds. The lowest BCUT2D eigenvalue weighted by Crippen LogP contribution is -2.22. The number of hydrogen-bond acceptors (Lipinski definition) is 3. The molecule has 0 saturated carbocycles. The molecule has 0 aromatic heterocycles. The first-order valence-corrected chi connectivity index (χ1v) is 4.29. The van der Waals surface area contributed by atoms with Crippen molar-refractivity contribution in [2.24, 2.45) is 11.1 Å². The first kappa shape index (κ1) is 11.6. The van der Waals surface area contributed by atoms with Crippen LogP contribution in [-0.2, 0) is 9.53 Å². The predicted octanol–water partition coefficient (Wildman–Crippen LogP) is 1.21. The van der Waals surface area contributed by atoms with Gasteiger partial charge < -0.3 is 10.5 Å². The SMILES string of the molecule is CC(C)(C)C(=O)CCOCCN.[HH]. The van der Waals surface area contributed by atoms with Crippen LogP contribution < -0.4 is 5.73 Å². The van der Waals surface area contributed by atoms with Crippen LogP contribution in [0.3, 0.4) is 0 Å². The molecule has 0 unspecified atom stereocenters. The predicted molar refractivity (Wildman–Crippen MR) is 51.1 cm³/mol. The van der Waals surface area contributed by atoms with Crippen LogP contribution in [0.1, 0.15) is 28.6 Å². The molecule has 0 aliphatic rings. The molecule has 2 N–H and O–H groups in total. The van der Waals surface area contributed by atoms with Crippen molar-refractivity contribution in [2.45, 2.75) is 27.2 Å². The van der Waals surface area contributed by atoms with Crippen molar-refractivity contribution in [1.82, 2.24) is 0 Å². The van der Waals surface area contributed by atoms with Crippen molar-refractivity contribution >= 4 is 5.78 Å².